The smallest absolute Gasteiger partial charge is 0.00178 e. The Hall–Kier alpha value is -0.0400. The lowest BCUT2D eigenvalue weighted by Crippen LogP contribution is -2.33. The van der Waals surface area contributed by atoms with Crippen LogP contribution in [0.25, 0.3) is 0 Å². The highest BCUT2D eigenvalue weighted by Gasteiger charge is 2.36. The summed E-state index contributed by atoms with van der Waals surface area (Å²) in [6, 6.07) is 0. The Bertz CT molecular complexity index is 178. The SMILES string of the molecule is CC(C)(C)CC1CC2CCNCC2C1. The summed E-state index contributed by atoms with van der Waals surface area (Å²) < 4.78 is 0. The lowest BCUT2D eigenvalue weighted by molar-refractivity contribution is 0.290. The molecule has 1 aliphatic carbocycles. The van der Waals surface area contributed by atoms with E-state index in [9.17, 15) is 0 Å². The summed E-state index contributed by atoms with van der Waals surface area (Å²) in [5, 5.41) is 3.54. The summed E-state index contributed by atoms with van der Waals surface area (Å²) in [7, 11) is 0. The molecule has 3 unspecified atom stereocenters. The van der Waals surface area contributed by atoms with Gasteiger partial charge in [-0.25, -0.2) is 0 Å². The predicted molar refractivity (Wildman–Crippen MR) is 61.3 cm³/mol. The summed E-state index contributed by atoms with van der Waals surface area (Å²) in [4.78, 5) is 0. The van der Waals surface area contributed by atoms with Crippen molar-refractivity contribution in [1.82, 2.24) is 5.32 Å². The first kappa shape index (κ1) is 10.5. The number of hydrogen-bond acceptors (Lipinski definition) is 1. The van der Waals surface area contributed by atoms with E-state index in [-0.39, 0.29) is 0 Å². The van der Waals surface area contributed by atoms with Gasteiger partial charge in [-0.2, -0.15) is 0 Å². The molecule has 0 bridgehead atoms. The van der Waals surface area contributed by atoms with Crippen molar-refractivity contribution in [2.45, 2.75) is 46.5 Å². The Morgan fingerprint density at radius 1 is 1.14 bits per heavy atom. The van der Waals surface area contributed by atoms with Gasteiger partial charge in [0.1, 0.15) is 0 Å². The van der Waals surface area contributed by atoms with E-state index in [1.807, 2.05) is 0 Å². The summed E-state index contributed by atoms with van der Waals surface area (Å²) in [6.45, 7) is 9.71. The molecule has 0 radical (unpaired) electrons. The van der Waals surface area contributed by atoms with Crippen molar-refractivity contribution in [3.8, 4) is 0 Å². The fourth-order valence-corrected chi connectivity index (χ4v) is 3.55. The van der Waals surface area contributed by atoms with Gasteiger partial charge < -0.3 is 5.32 Å². The Balaban J connectivity index is 1.87. The van der Waals surface area contributed by atoms with Crippen molar-refractivity contribution in [3.63, 3.8) is 0 Å². The first-order valence-electron chi connectivity index (χ1n) is 6.25. The second-order valence-corrected chi connectivity index (χ2v) is 6.62. The topological polar surface area (TPSA) is 12.0 Å². The van der Waals surface area contributed by atoms with Crippen LogP contribution >= 0.6 is 0 Å². The fraction of sp³-hybridized carbons (Fsp3) is 1.00. The van der Waals surface area contributed by atoms with Crippen LogP contribution in [0.15, 0.2) is 0 Å². The first-order chi connectivity index (χ1) is 6.54. The van der Waals surface area contributed by atoms with Crippen LogP contribution in [-0.4, -0.2) is 13.1 Å². The van der Waals surface area contributed by atoms with E-state index in [4.69, 9.17) is 0 Å². The van der Waals surface area contributed by atoms with E-state index in [0.29, 0.717) is 5.41 Å². The van der Waals surface area contributed by atoms with E-state index in [2.05, 4.69) is 26.1 Å². The quantitative estimate of drug-likeness (QED) is 0.678. The van der Waals surface area contributed by atoms with E-state index < -0.39 is 0 Å². The second-order valence-electron chi connectivity index (χ2n) is 6.62. The molecule has 0 aromatic heterocycles. The Morgan fingerprint density at radius 2 is 1.86 bits per heavy atom. The van der Waals surface area contributed by atoms with Gasteiger partial charge in [0.2, 0.25) is 0 Å². The maximum absolute atomic E-state index is 3.54. The van der Waals surface area contributed by atoms with E-state index in [0.717, 1.165) is 17.8 Å². The highest BCUT2D eigenvalue weighted by atomic mass is 14.9. The molecule has 3 atom stereocenters. The normalized spacial score (nSPS) is 38.4. The van der Waals surface area contributed by atoms with Gasteiger partial charge in [-0.05, 0) is 61.9 Å². The van der Waals surface area contributed by atoms with Gasteiger partial charge in [-0.1, -0.05) is 20.8 Å². The number of nitrogens with one attached hydrogen (secondary N) is 1. The van der Waals surface area contributed by atoms with Crippen molar-refractivity contribution in [3.05, 3.63) is 0 Å². The average molecular weight is 195 g/mol. The number of fused-ring (bicyclic) bond motifs is 1. The van der Waals surface area contributed by atoms with Crippen LogP contribution in [0.4, 0.5) is 0 Å². The maximum atomic E-state index is 3.54. The average Bonchev–Trinajstić information content (AvgIpc) is 2.42. The molecule has 2 fully saturated rings. The zero-order valence-electron chi connectivity index (χ0n) is 9.97. The monoisotopic (exact) mass is 195 g/mol. The Kier molecular flexibility index (Phi) is 2.88. The second kappa shape index (κ2) is 3.84. The number of rotatable bonds is 1. The minimum atomic E-state index is 0.533. The molecule has 14 heavy (non-hydrogen) atoms. The van der Waals surface area contributed by atoms with Crippen LogP contribution in [0.2, 0.25) is 0 Å². The molecule has 0 aromatic rings. The summed E-state index contributed by atoms with van der Waals surface area (Å²) in [6.07, 6.45) is 5.88. The van der Waals surface area contributed by atoms with Gasteiger partial charge in [0.05, 0.1) is 0 Å². The molecule has 0 aromatic carbocycles. The lowest BCUT2D eigenvalue weighted by Gasteiger charge is -2.25. The first-order valence-corrected chi connectivity index (χ1v) is 6.25. The van der Waals surface area contributed by atoms with Crippen LogP contribution in [0.3, 0.4) is 0 Å². The summed E-state index contributed by atoms with van der Waals surface area (Å²) in [5.74, 6) is 3.09. The molecule has 0 spiro atoms. The molecule has 1 nitrogen and oxygen atoms in total. The highest BCUT2D eigenvalue weighted by Crippen LogP contribution is 2.44. The third-order valence-electron chi connectivity index (χ3n) is 3.94. The van der Waals surface area contributed by atoms with Crippen molar-refractivity contribution in [2.24, 2.45) is 23.2 Å². The molecule has 82 valence electrons. The van der Waals surface area contributed by atoms with Crippen LogP contribution in [0, 0.1) is 23.2 Å². The van der Waals surface area contributed by atoms with Gasteiger partial charge >= 0.3 is 0 Å². The minimum absolute atomic E-state index is 0.533. The standard InChI is InChI=1S/C13H25N/c1-13(2,3)8-10-6-11-4-5-14-9-12(11)7-10/h10-12,14H,4-9H2,1-3H3. The molecule has 0 amide bonds. The molecule has 1 N–H and O–H groups in total. The van der Waals surface area contributed by atoms with Crippen molar-refractivity contribution in [1.29, 1.82) is 0 Å². The summed E-state index contributed by atoms with van der Waals surface area (Å²) in [5.41, 5.74) is 0.533. The predicted octanol–water partition coefficient (Wildman–Crippen LogP) is 3.06. The molecule has 2 aliphatic rings. The molecule has 1 heterocycles. The molecule has 1 saturated carbocycles. The fourth-order valence-electron chi connectivity index (χ4n) is 3.55. The van der Waals surface area contributed by atoms with Crippen LogP contribution in [-0.2, 0) is 0 Å². The molecular weight excluding hydrogens is 170 g/mol. The van der Waals surface area contributed by atoms with Gasteiger partial charge in [0.15, 0.2) is 0 Å². The van der Waals surface area contributed by atoms with Crippen LogP contribution in [0.1, 0.15) is 46.5 Å². The number of piperidine rings is 1. The number of hydrogen-bond donors (Lipinski definition) is 1. The highest BCUT2D eigenvalue weighted by molar-refractivity contribution is 4.89. The van der Waals surface area contributed by atoms with E-state index in [1.54, 1.807) is 0 Å². The zero-order valence-corrected chi connectivity index (χ0v) is 9.97. The molecular formula is C13H25N. The zero-order chi connectivity index (χ0) is 10.2. The van der Waals surface area contributed by atoms with Gasteiger partial charge in [0.25, 0.3) is 0 Å². The van der Waals surface area contributed by atoms with Gasteiger partial charge in [0, 0.05) is 0 Å². The Morgan fingerprint density at radius 3 is 2.50 bits per heavy atom. The third-order valence-corrected chi connectivity index (χ3v) is 3.94. The Labute approximate surface area is 88.7 Å². The largest absolute Gasteiger partial charge is 0.316 e. The van der Waals surface area contributed by atoms with E-state index in [1.165, 1.54) is 38.8 Å². The van der Waals surface area contributed by atoms with E-state index >= 15 is 0 Å². The maximum Gasteiger partial charge on any atom is -0.00178 e. The van der Waals surface area contributed by atoms with Gasteiger partial charge in [-0.15, -0.1) is 0 Å². The molecule has 1 heteroatoms. The molecule has 1 aliphatic heterocycles. The third kappa shape index (κ3) is 2.50. The minimum Gasteiger partial charge on any atom is -0.316 e. The van der Waals surface area contributed by atoms with Crippen molar-refractivity contribution >= 4 is 0 Å². The van der Waals surface area contributed by atoms with Crippen molar-refractivity contribution < 1.29 is 0 Å². The lowest BCUT2D eigenvalue weighted by atomic mass is 9.83. The molecule has 2 rings (SSSR count). The van der Waals surface area contributed by atoms with Gasteiger partial charge in [-0.3, -0.25) is 0 Å². The molecule has 1 saturated heterocycles. The van der Waals surface area contributed by atoms with Crippen LogP contribution < -0.4 is 5.32 Å². The summed E-state index contributed by atoms with van der Waals surface area (Å²) >= 11 is 0. The van der Waals surface area contributed by atoms with Crippen molar-refractivity contribution in [2.75, 3.05) is 13.1 Å². The van der Waals surface area contributed by atoms with Crippen LogP contribution in [0.5, 0.6) is 0 Å².